The molecule has 0 amide bonds. The van der Waals surface area contributed by atoms with Gasteiger partial charge in [0, 0.05) is 16.7 Å². The van der Waals surface area contributed by atoms with Crippen LogP contribution in [0.2, 0.25) is 0 Å². The van der Waals surface area contributed by atoms with Gasteiger partial charge in [-0.2, -0.15) is 0 Å². The number of hydrogen-bond acceptors (Lipinski definition) is 6. The molecule has 0 fully saturated rings. The number of rotatable bonds is 5. The summed E-state index contributed by atoms with van der Waals surface area (Å²) in [5, 5.41) is 0.608. The molecule has 7 heteroatoms. The summed E-state index contributed by atoms with van der Waals surface area (Å²) in [6.07, 6.45) is 3.48. The van der Waals surface area contributed by atoms with Gasteiger partial charge in [-0.05, 0) is 31.2 Å². The van der Waals surface area contributed by atoms with Gasteiger partial charge in [0.25, 0.3) is 0 Å². The monoisotopic (exact) mass is 411 g/mol. The molecular formula is C22H18FNO4S. The number of esters is 1. The first-order valence-corrected chi connectivity index (χ1v) is 9.91. The molecule has 148 valence electrons. The summed E-state index contributed by atoms with van der Waals surface area (Å²) in [5.41, 5.74) is 2.65. The lowest BCUT2D eigenvalue weighted by Crippen LogP contribution is -2.12. The van der Waals surface area contributed by atoms with E-state index in [2.05, 4.69) is 4.98 Å². The Morgan fingerprint density at radius 1 is 1.28 bits per heavy atom. The normalized spacial score (nSPS) is 13.2. The third kappa shape index (κ3) is 4.21. The highest BCUT2D eigenvalue weighted by Gasteiger charge is 2.20. The van der Waals surface area contributed by atoms with Gasteiger partial charge in [0.1, 0.15) is 21.5 Å². The van der Waals surface area contributed by atoms with Crippen molar-refractivity contribution >= 4 is 29.5 Å². The van der Waals surface area contributed by atoms with Crippen LogP contribution >= 0.6 is 11.3 Å². The number of benzene rings is 2. The molecule has 0 bridgehead atoms. The Labute approximate surface area is 171 Å². The molecule has 3 aromatic rings. The van der Waals surface area contributed by atoms with E-state index >= 15 is 0 Å². The van der Waals surface area contributed by atoms with Gasteiger partial charge in [0.2, 0.25) is 0 Å². The smallest absolute Gasteiger partial charge is 0.350 e. The Hall–Kier alpha value is -3.03. The van der Waals surface area contributed by atoms with Crippen molar-refractivity contribution in [2.45, 2.75) is 13.5 Å². The zero-order valence-corrected chi connectivity index (χ0v) is 16.5. The first kappa shape index (κ1) is 19.3. The van der Waals surface area contributed by atoms with E-state index in [4.69, 9.17) is 14.2 Å². The molecule has 0 saturated heterocycles. The van der Waals surface area contributed by atoms with Crippen LogP contribution in [0.5, 0.6) is 5.75 Å². The van der Waals surface area contributed by atoms with Crippen molar-refractivity contribution in [3.63, 3.8) is 0 Å². The van der Waals surface area contributed by atoms with Crippen LogP contribution in [-0.2, 0) is 16.1 Å². The fraction of sp³-hybridized carbons (Fsp3) is 0.182. The number of carbonyl (C=O) groups is 1. The van der Waals surface area contributed by atoms with Gasteiger partial charge in [-0.25, -0.2) is 14.2 Å². The fourth-order valence-electron chi connectivity index (χ4n) is 3.03. The zero-order chi connectivity index (χ0) is 20.2. The third-order valence-corrected chi connectivity index (χ3v) is 5.26. The van der Waals surface area contributed by atoms with Crippen molar-refractivity contribution in [1.29, 1.82) is 0 Å². The molecule has 0 unspecified atom stereocenters. The molecule has 4 rings (SSSR count). The predicted octanol–water partition coefficient (Wildman–Crippen LogP) is 5.16. The standard InChI is InChI=1S/C22H18FNO4S/c1-2-27-22(25)21-19(14-6-4-3-5-7-14)24-18(29-21)9-8-15-10-17(23)11-16-12-26-13-28-20(15)16/h3-11H,2,12-13H2,1H3. The number of thiazole rings is 1. The molecule has 0 radical (unpaired) electrons. The molecule has 0 atom stereocenters. The highest BCUT2D eigenvalue weighted by Crippen LogP contribution is 2.33. The molecule has 0 saturated carbocycles. The predicted molar refractivity (Wildman–Crippen MR) is 109 cm³/mol. The van der Waals surface area contributed by atoms with E-state index in [1.807, 2.05) is 30.3 Å². The van der Waals surface area contributed by atoms with Gasteiger partial charge in [-0.1, -0.05) is 30.3 Å². The first-order valence-electron chi connectivity index (χ1n) is 9.10. The van der Waals surface area contributed by atoms with E-state index < -0.39 is 5.97 Å². The van der Waals surface area contributed by atoms with E-state index in [1.54, 1.807) is 19.1 Å². The topological polar surface area (TPSA) is 57.7 Å². The summed E-state index contributed by atoms with van der Waals surface area (Å²) in [7, 11) is 0. The van der Waals surface area contributed by atoms with Gasteiger partial charge in [-0.3, -0.25) is 0 Å². The lowest BCUT2D eigenvalue weighted by molar-refractivity contribution is -0.0167. The van der Waals surface area contributed by atoms with E-state index in [-0.39, 0.29) is 19.2 Å². The van der Waals surface area contributed by atoms with Gasteiger partial charge >= 0.3 is 5.97 Å². The Morgan fingerprint density at radius 3 is 2.90 bits per heavy atom. The molecular weight excluding hydrogens is 393 g/mol. The molecule has 0 aliphatic carbocycles. The minimum absolute atomic E-state index is 0.127. The number of hydrogen-bond donors (Lipinski definition) is 0. The Bertz CT molecular complexity index is 1060. The van der Waals surface area contributed by atoms with Crippen LogP contribution in [0.15, 0.2) is 42.5 Å². The average Bonchev–Trinajstić information content (AvgIpc) is 3.17. The van der Waals surface area contributed by atoms with Crippen molar-refractivity contribution < 1.29 is 23.4 Å². The molecule has 1 aliphatic heterocycles. The van der Waals surface area contributed by atoms with Gasteiger partial charge in [0.15, 0.2) is 6.79 Å². The van der Waals surface area contributed by atoms with Crippen molar-refractivity contribution in [1.82, 2.24) is 4.98 Å². The highest BCUT2D eigenvalue weighted by atomic mass is 32.1. The number of ether oxygens (including phenoxy) is 3. The maximum atomic E-state index is 13.9. The number of nitrogens with zero attached hydrogens (tertiary/aromatic N) is 1. The highest BCUT2D eigenvalue weighted by molar-refractivity contribution is 7.15. The minimum Gasteiger partial charge on any atom is -0.467 e. The summed E-state index contributed by atoms with van der Waals surface area (Å²) >= 11 is 1.23. The number of aromatic nitrogens is 1. The average molecular weight is 411 g/mol. The van der Waals surface area contributed by atoms with Crippen LogP contribution in [0.3, 0.4) is 0 Å². The second kappa shape index (κ2) is 8.55. The second-order valence-electron chi connectivity index (χ2n) is 6.24. The van der Waals surface area contributed by atoms with E-state index in [0.717, 1.165) is 5.56 Å². The van der Waals surface area contributed by atoms with E-state index in [9.17, 15) is 9.18 Å². The fourth-order valence-corrected chi connectivity index (χ4v) is 3.91. The Kier molecular flexibility index (Phi) is 5.69. The van der Waals surface area contributed by atoms with E-state index in [1.165, 1.54) is 23.5 Å². The van der Waals surface area contributed by atoms with Gasteiger partial charge in [-0.15, -0.1) is 11.3 Å². The molecule has 0 spiro atoms. The quantitative estimate of drug-likeness (QED) is 0.543. The zero-order valence-electron chi connectivity index (χ0n) is 15.7. The summed E-state index contributed by atoms with van der Waals surface area (Å²) < 4.78 is 29.9. The molecule has 1 aliphatic rings. The Balaban J connectivity index is 1.71. The molecule has 5 nitrogen and oxygen atoms in total. The van der Waals surface area contributed by atoms with Crippen LogP contribution in [0.25, 0.3) is 23.4 Å². The largest absolute Gasteiger partial charge is 0.467 e. The third-order valence-electron chi connectivity index (χ3n) is 4.26. The number of fused-ring (bicyclic) bond motifs is 1. The molecule has 2 heterocycles. The molecule has 1 aromatic heterocycles. The maximum absolute atomic E-state index is 13.9. The number of carbonyl (C=O) groups excluding carboxylic acids is 1. The van der Waals surface area contributed by atoms with Gasteiger partial charge in [0.05, 0.1) is 18.9 Å². The minimum atomic E-state index is -0.410. The second-order valence-corrected chi connectivity index (χ2v) is 7.27. The summed E-state index contributed by atoms with van der Waals surface area (Å²) in [6.45, 7) is 2.47. The van der Waals surface area contributed by atoms with Crippen molar-refractivity contribution in [3.05, 3.63) is 69.3 Å². The summed E-state index contributed by atoms with van der Waals surface area (Å²) in [5.74, 6) is -0.180. The van der Waals surface area contributed by atoms with Crippen LogP contribution in [0, 0.1) is 5.82 Å². The lowest BCUT2D eigenvalue weighted by Gasteiger charge is -2.19. The SMILES string of the molecule is CCOC(=O)c1sc(C=Cc2cc(F)cc3c2OCOC3)nc1-c1ccccc1. The van der Waals surface area contributed by atoms with Crippen LogP contribution in [0.4, 0.5) is 4.39 Å². The maximum Gasteiger partial charge on any atom is 0.350 e. The van der Waals surface area contributed by atoms with Crippen LogP contribution < -0.4 is 4.74 Å². The van der Waals surface area contributed by atoms with Gasteiger partial charge < -0.3 is 14.2 Å². The van der Waals surface area contributed by atoms with E-state index in [0.29, 0.717) is 39.1 Å². The van der Waals surface area contributed by atoms with Crippen molar-refractivity contribution in [2.75, 3.05) is 13.4 Å². The molecule has 29 heavy (non-hydrogen) atoms. The van der Waals surface area contributed by atoms with Crippen molar-refractivity contribution in [3.8, 4) is 17.0 Å². The van der Waals surface area contributed by atoms with Crippen molar-refractivity contribution in [2.24, 2.45) is 0 Å². The summed E-state index contributed by atoms with van der Waals surface area (Å²) in [4.78, 5) is 17.4. The molecule has 2 aromatic carbocycles. The van der Waals surface area contributed by atoms with Crippen LogP contribution in [0.1, 0.15) is 32.7 Å². The first-order chi connectivity index (χ1) is 14.2. The lowest BCUT2D eigenvalue weighted by atomic mass is 10.1. The Morgan fingerprint density at radius 2 is 2.10 bits per heavy atom. The van der Waals surface area contributed by atoms with Crippen LogP contribution in [-0.4, -0.2) is 24.4 Å². The summed E-state index contributed by atoms with van der Waals surface area (Å²) in [6, 6.07) is 12.3. The molecule has 0 N–H and O–H groups in total. The number of halogens is 1.